The number of esters is 1. The van der Waals surface area contributed by atoms with Gasteiger partial charge in [0, 0.05) is 29.4 Å². The lowest BCUT2D eigenvalue weighted by atomic mass is 10.0. The third-order valence-electron chi connectivity index (χ3n) is 5.15. The summed E-state index contributed by atoms with van der Waals surface area (Å²) >= 11 is 5.89. The molecule has 0 bridgehead atoms. The Labute approximate surface area is 181 Å². The van der Waals surface area contributed by atoms with Gasteiger partial charge in [0.15, 0.2) is 6.61 Å². The van der Waals surface area contributed by atoms with Gasteiger partial charge in [0.1, 0.15) is 0 Å². The van der Waals surface area contributed by atoms with E-state index in [0.29, 0.717) is 10.7 Å². The molecule has 1 saturated heterocycles. The van der Waals surface area contributed by atoms with E-state index < -0.39 is 24.4 Å². The molecule has 158 valence electrons. The van der Waals surface area contributed by atoms with Gasteiger partial charge in [-0.05, 0) is 42.2 Å². The molecule has 3 rings (SSSR count). The molecule has 0 saturated carbocycles. The van der Waals surface area contributed by atoms with Crippen LogP contribution >= 0.6 is 11.6 Å². The van der Waals surface area contributed by atoms with Crippen LogP contribution in [0.4, 0.5) is 11.4 Å². The number of ether oxygens (including phenoxy) is 1. The fourth-order valence-corrected chi connectivity index (χ4v) is 3.85. The van der Waals surface area contributed by atoms with Gasteiger partial charge in [-0.15, -0.1) is 0 Å². The molecule has 1 heterocycles. The summed E-state index contributed by atoms with van der Waals surface area (Å²) in [5.74, 6) is -1.70. The number of anilines is 2. The number of amides is 2. The normalized spacial score (nSPS) is 15.9. The summed E-state index contributed by atoms with van der Waals surface area (Å²) in [6, 6.07) is 12.7. The minimum Gasteiger partial charge on any atom is -0.455 e. The van der Waals surface area contributed by atoms with E-state index in [1.165, 1.54) is 0 Å². The highest BCUT2D eigenvalue weighted by molar-refractivity contribution is 6.30. The molecule has 2 amide bonds. The number of para-hydroxylation sites is 1. The molecule has 0 aliphatic carbocycles. The van der Waals surface area contributed by atoms with E-state index >= 15 is 0 Å². The Balaban J connectivity index is 1.61. The lowest BCUT2D eigenvalue weighted by Crippen LogP contribution is -2.29. The van der Waals surface area contributed by atoms with Crippen molar-refractivity contribution in [1.82, 2.24) is 0 Å². The maximum Gasteiger partial charge on any atom is 0.311 e. The van der Waals surface area contributed by atoms with Crippen LogP contribution < -0.4 is 10.2 Å². The summed E-state index contributed by atoms with van der Waals surface area (Å²) in [6.07, 6.45) is 1.67. The van der Waals surface area contributed by atoms with E-state index in [-0.39, 0.29) is 18.9 Å². The Morgan fingerprint density at radius 2 is 1.80 bits per heavy atom. The van der Waals surface area contributed by atoms with Crippen LogP contribution in [0.5, 0.6) is 0 Å². The summed E-state index contributed by atoms with van der Waals surface area (Å²) < 4.78 is 5.17. The molecule has 0 unspecified atom stereocenters. The Hall–Kier alpha value is -2.86. The van der Waals surface area contributed by atoms with Crippen LogP contribution in [0.3, 0.4) is 0 Å². The predicted molar refractivity (Wildman–Crippen MR) is 117 cm³/mol. The van der Waals surface area contributed by atoms with E-state index in [9.17, 15) is 14.4 Å². The highest BCUT2D eigenvalue weighted by Crippen LogP contribution is 2.32. The molecular formula is C23H25ClN2O4. The van der Waals surface area contributed by atoms with Crippen molar-refractivity contribution in [3.8, 4) is 0 Å². The molecule has 0 spiro atoms. The lowest BCUT2D eigenvalue weighted by molar-refractivity contribution is -0.151. The number of nitrogens with zero attached hydrogens (tertiary/aromatic N) is 1. The zero-order chi connectivity index (χ0) is 21.7. The van der Waals surface area contributed by atoms with E-state index in [1.807, 2.05) is 32.0 Å². The molecule has 7 heteroatoms. The number of rotatable bonds is 7. The van der Waals surface area contributed by atoms with Gasteiger partial charge in [0.25, 0.3) is 5.91 Å². The molecule has 2 aromatic rings. The summed E-state index contributed by atoms with van der Waals surface area (Å²) in [6.45, 7) is 3.94. The average molecular weight is 429 g/mol. The third-order valence-corrected chi connectivity index (χ3v) is 5.38. The van der Waals surface area contributed by atoms with Crippen LogP contribution in [-0.4, -0.2) is 30.9 Å². The first-order valence-electron chi connectivity index (χ1n) is 10.1. The number of halogens is 1. The second-order valence-corrected chi connectivity index (χ2v) is 7.64. The molecule has 1 N–H and O–H groups in total. The summed E-state index contributed by atoms with van der Waals surface area (Å²) in [4.78, 5) is 38.9. The molecule has 6 nitrogen and oxygen atoms in total. The monoisotopic (exact) mass is 428 g/mol. The van der Waals surface area contributed by atoms with Crippen molar-refractivity contribution in [3.63, 3.8) is 0 Å². The minimum absolute atomic E-state index is 0.0793. The molecule has 2 aromatic carbocycles. The second-order valence-electron chi connectivity index (χ2n) is 7.20. The molecule has 1 aliphatic heterocycles. The smallest absolute Gasteiger partial charge is 0.311 e. The zero-order valence-electron chi connectivity index (χ0n) is 17.1. The molecule has 1 atom stereocenters. The number of nitrogens with one attached hydrogen (secondary N) is 1. The van der Waals surface area contributed by atoms with Gasteiger partial charge >= 0.3 is 5.97 Å². The van der Waals surface area contributed by atoms with E-state index in [1.54, 1.807) is 29.2 Å². The Kier molecular flexibility index (Phi) is 7.11. The SMILES string of the molecule is CCc1cccc(CC)c1N1C[C@H](C(=O)OCC(=O)Nc2cccc(Cl)c2)CC1=O. The second kappa shape index (κ2) is 9.76. The third kappa shape index (κ3) is 5.00. The molecule has 0 aromatic heterocycles. The largest absolute Gasteiger partial charge is 0.455 e. The summed E-state index contributed by atoms with van der Waals surface area (Å²) in [5, 5.41) is 3.12. The van der Waals surface area contributed by atoms with Crippen molar-refractivity contribution in [2.24, 2.45) is 5.92 Å². The van der Waals surface area contributed by atoms with E-state index in [2.05, 4.69) is 5.32 Å². The van der Waals surface area contributed by atoms with Crippen molar-refractivity contribution in [1.29, 1.82) is 0 Å². The molecule has 30 heavy (non-hydrogen) atoms. The van der Waals surface area contributed by atoms with E-state index in [0.717, 1.165) is 29.7 Å². The first-order valence-corrected chi connectivity index (χ1v) is 10.4. The summed E-state index contributed by atoms with van der Waals surface area (Å²) in [7, 11) is 0. The topological polar surface area (TPSA) is 75.7 Å². The van der Waals surface area contributed by atoms with Crippen LogP contribution in [0.2, 0.25) is 5.02 Å². The van der Waals surface area contributed by atoms with Crippen molar-refractivity contribution in [2.45, 2.75) is 33.1 Å². The van der Waals surface area contributed by atoms with Crippen LogP contribution in [0.1, 0.15) is 31.4 Å². The maximum absolute atomic E-state index is 12.7. The first-order chi connectivity index (χ1) is 14.4. The molecule has 0 radical (unpaired) electrons. The minimum atomic E-state index is -0.592. The van der Waals surface area contributed by atoms with Crippen molar-refractivity contribution < 1.29 is 19.1 Å². The fraction of sp³-hybridized carbons (Fsp3) is 0.348. The fourth-order valence-electron chi connectivity index (χ4n) is 3.66. The molecule has 1 aliphatic rings. The van der Waals surface area contributed by atoms with Crippen LogP contribution in [0.25, 0.3) is 0 Å². The van der Waals surface area contributed by atoms with Gasteiger partial charge in [-0.25, -0.2) is 0 Å². The summed E-state index contributed by atoms with van der Waals surface area (Å²) in [5.41, 5.74) is 3.59. The zero-order valence-corrected chi connectivity index (χ0v) is 17.9. The Morgan fingerprint density at radius 1 is 1.13 bits per heavy atom. The van der Waals surface area contributed by atoms with Gasteiger partial charge in [0.2, 0.25) is 5.91 Å². The standard InChI is InChI=1S/C23H25ClN2O4/c1-3-15-7-5-8-16(4-2)22(15)26-13-17(11-21(26)28)23(29)30-14-20(27)25-19-10-6-9-18(24)12-19/h5-10,12,17H,3-4,11,13-14H2,1-2H3,(H,25,27)/t17-/m1/s1. The van der Waals surface area contributed by atoms with Gasteiger partial charge < -0.3 is 15.0 Å². The number of hydrogen-bond acceptors (Lipinski definition) is 4. The highest BCUT2D eigenvalue weighted by atomic mass is 35.5. The predicted octanol–water partition coefficient (Wildman–Crippen LogP) is 4.00. The Morgan fingerprint density at radius 3 is 2.43 bits per heavy atom. The molecular weight excluding hydrogens is 404 g/mol. The van der Waals surface area contributed by atoms with Gasteiger partial charge in [-0.3, -0.25) is 14.4 Å². The van der Waals surface area contributed by atoms with Gasteiger partial charge in [-0.1, -0.05) is 49.7 Å². The van der Waals surface area contributed by atoms with E-state index in [4.69, 9.17) is 16.3 Å². The van der Waals surface area contributed by atoms with Crippen molar-refractivity contribution >= 4 is 40.8 Å². The number of hydrogen-bond donors (Lipinski definition) is 1. The quantitative estimate of drug-likeness (QED) is 0.676. The first kappa shape index (κ1) is 21.8. The number of carbonyl (C=O) groups is 3. The molecule has 1 fully saturated rings. The van der Waals surface area contributed by atoms with Crippen molar-refractivity contribution in [3.05, 3.63) is 58.6 Å². The van der Waals surface area contributed by atoms with Crippen LogP contribution in [-0.2, 0) is 32.0 Å². The lowest BCUT2D eigenvalue weighted by Gasteiger charge is -2.23. The van der Waals surface area contributed by atoms with Gasteiger partial charge in [0.05, 0.1) is 5.92 Å². The van der Waals surface area contributed by atoms with Crippen LogP contribution in [0.15, 0.2) is 42.5 Å². The number of aryl methyl sites for hydroxylation is 2. The highest BCUT2D eigenvalue weighted by Gasteiger charge is 2.37. The van der Waals surface area contributed by atoms with Gasteiger partial charge in [-0.2, -0.15) is 0 Å². The van der Waals surface area contributed by atoms with Crippen molar-refractivity contribution in [2.75, 3.05) is 23.4 Å². The average Bonchev–Trinajstić information content (AvgIpc) is 3.12. The number of carbonyl (C=O) groups excluding carboxylic acids is 3. The Bertz CT molecular complexity index is 938. The maximum atomic E-state index is 12.7. The number of benzene rings is 2. The van der Waals surface area contributed by atoms with Crippen LogP contribution in [0, 0.1) is 5.92 Å².